The van der Waals surface area contributed by atoms with Crippen LogP contribution in [0.5, 0.6) is 0 Å². The van der Waals surface area contributed by atoms with E-state index < -0.39 is 0 Å². The summed E-state index contributed by atoms with van der Waals surface area (Å²) in [5, 5.41) is 9.09. The summed E-state index contributed by atoms with van der Waals surface area (Å²) in [5.74, 6) is 1.50. The molecule has 2 aliphatic rings. The smallest absolute Gasteiger partial charge is 0.0639 e. The number of fused-ring (bicyclic) bond motifs is 1. The molecule has 0 radical (unpaired) electrons. The minimum absolute atomic E-state index is 0.216. The molecule has 0 spiro atoms. The summed E-state index contributed by atoms with van der Waals surface area (Å²) in [7, 11) is 0. The van der Waals surface area contributed by atoms with Crippen LogP contribution in [-0.4, -0.2) is 11.7 Å². The molecule has 2 rings (SSSR count). The van der Waals surface area contributed by atoms with Crippen molar-refractivity contribution in [3.8, 4) is 0 Å². The number of rotatable bonds is 2. The molecule has 0 aromatic carbocycles. The van der Waals surface area contributed by atoms with Gasteiger partial charge >= 0.3 is 0 Å². The van der Waals surface area contributed by atoms with Crippen LogP contribution in [0.1, 0.15) is 46.0 Å². The van der Waals surface area contributed by atoms with Crippen LogP contribution in [-0.2, 0) is 0 Å². The average molecular weight is 206 g/mol. The van der Waals surface area contributed by atoms with Crippen molar-refractivity contribution in [3.05, 3.63) is 22.8 Å². The van der Waals surface area contributed by atoms with Crippen LogP contribution < -0.4 is 0 Å². The first kappa shape index (κ1) is 10.9. The van der Waals surface area contributed by atoms with Crippen molar-refractivity contribution in [2.75, 3.05) is 6.61 Å². The monoisotopic (exact) mass is 206 g/mol. The van der Waals surface area contributed by atoms with Crippen molar-refractivity contribution in [1.82, 2.24) is 0 Å². The van der Waals surface area contributed by atoms with Gasteiger partial charge in [-0.05, 0) is 51.4 Å². The predicted octanol–water partition coefficient (Wildman–Crippen LogP) is 3.45. The number of aliphatic hydroxyl groups excluding tert-OH is 1. The van der Waals surface area contributed by atoms with Crippen LogP contribution in [0, 0.1) is 11.8 Å². The van der Waals surface area contributed by atoms with Gasteiger partial charge in [0.1, 0.15) is 0 Å². The number of aliphatic hydroxyl groups is 1. The van der Waals surface area contributed by atoms with E-state index in [1.807, 2.05) is 6.92 Å². The molecular weight excluding hydrogens is 184 g/mol. The van der Waals surface area contributed by atoms with Crippen molar-refractivity contribution in [2.45, 2.75) is 46.0 Å². The SMILES string of the molecule is CC1=C2C(CCC[C@H]2/C=C(/C)CO)CC1. The van der Waals surface area contributed by atoms with E-state index in [0.29, 0.717) is 5.92 Å². The van der Waals surface area contributed by atoms with Gasteiger partial charge in [-0.3, -0.25) is 0 Å². The maximum Gasteiger partial charge on any atom is 0.0639 e. The number of allylic oxidation sites excluding steroid dienone is 3. The summed E-state index contributed by atoms with van der Waals surface area (Å²) in [5.41, 5.74) is 4.48. The fourth-order valence-corrected chi connectivity index (χ4v) is 3.27. The van der Waals surface area contributed by atoms with E-state index in [1.165, 1.54) is 32.1 Å². The fraction of sp³-hybridized carbons (Fsp3) is 0.714. The molecule has 0 saturated heterocycles. The Morgan fingerprint density at radius 3 is 2.93 bits per heavy atom. The minimum atomic E-state index is 0.216. The lowest BCUT2D eigenvalue weighted by atomic mass is 9.77. The molecular formula is C14H22O. The van der Waals surface area contributed by atoms with Gasteiger partial charge in [0.25, 0.3) is 0 Å². The van der Waals surface area contributed by atoms with Crippen molar-refractivity contribution < 1.29 is 5.11 Å². The lowest BCUT2D eigenvalue weighted by Gasteiger charge is -2.28. The molecule has 0 aromatic heterocycles. The highest BCUT2D eigenvalue weighted by molar-refractivity contribution is 5.29. The molecule has 0 aromatic rings. The van der Waals surface area contributed by atoms with E-state index in [-0.39, 0.29) is 6.61 Å². The van der Waals surface area contributed by atoms with Gasteiger partial charge in [-0.25, -0.2) is 0 Å². The van der Waals surface area contributed by atoms with Gasteiger partial charge in [0.15, 0.2) is 0 Å². The van der Waals surface area contributed by atoms with Gasteiger partial charge in [-0.2, -0.15) is 0 Å². The van der Waals surface area contributed by atoms with Crippen LogP contribution in [0.15, 0.2) is 22.8 Å². The second-order valence-corrected chi connectivity index (χ2v) is 5.18. The van der Waals surface area contributed by atoms with E-state index in [4.69, 9.17) is 5.11 Å². The molecule has 0 aliphatic heterocycles. The third-order valence-electron chi connectivity index (χ3n) is 4.00. The molecule has 1 fully saturated rings. The summed E-state index contributed by atoms with van der Waals surface area (Å²) in [6.07, 6.45) is 9.04. The molecule has 15 heavy (non-hydrogen) atoms. The summed E-state index contributed by atoms with van der Waals surface area (Å²) in [4.78, 5) is 0. The van der Waals surface area contributed by atoms with Gasteiger partial charge in [-0.1, -0.05) is 29.2 Å². The molecule has 1 saturated carbocycles. The largest absolute Gasteiger partial charge is 0.392 e. The Bertz CT molecular complexity index is 298. The topological polar surface area (TPSA) is 20.2 Å². The Hall–Kier alpha value is -0.560. The van der Waals surface area contributed by atoms with Crippen molar-refractivity contribution >= 4 is 0 Å². The van der Waals surface area contributed by atoms with Gasteiger partial charge in [0.05, 0.1) is 6.61 Å². The van der Waals surface area contributed by atoms with Crippen molar-refractivity contribution in [3.63, 3.8) is 0 Å². The molecule has 0 amide bonds. The van der Waals surface area contributed by atoms with E-state index in [1.54, 1.807) is 11.1 Å². The summed E-state index contributed by atoms with van der Waals surface area (Å²) in [6.45, 7) is 4.55. The van der Waals surface area contributed by atoms with Crippen molar-refractivity contribution in [2.24, 2.45) is 11.8 Å². The first-order valence-corrected chi connectivity index (χ1v) is 6.20. The summed E-state index contributed by atoms with van der Waals surface area (Å²) >= 11 is 0. The highest BCUT2D eigenvalue weighted by Gasteiger charge is 2.31. The highest BCUT2D eigenvalue weighted by Crippen LogP contribution is 2.45. The van der Waals surface area contributed by atoms with Gasteiger partial charge in [-0.15, -0.1) is 0 Å². The first-order chi connectivity index (χ1) is 7.22. The van der Waals surface area contributed by atoms with Crippen molar-refractivity contribution in [1.29, 1.82) is 0 Å². The number of hydrogen-bond acceptors (Lipinski definition) is 1. The lowest BCUT2D eigenvalue weighted by Crippen LogP contribution is -2.16. The Balaban J connectivity index is 2.20. The second kappa shape index (κ2) is 4.52. The average Bonchev–Trinajstić information content (AvgIpc) is 2.61. The molecule has 1 unspecified atom stereocenters. The zero-order valence-corrected chi connectivity index (χ0v) is 9.92. The molecule has 0 bridgehead atoms. The van der Waals surface area contributed by atoms with E-state index >= 15 is 0 Å². The number of hydrogen-bond donors (Lipinski definition) is 1. The summed E-state index contributed by atoms with van der Waals surface area (Å²) < 4.78 is 0. The second-order valence-electron chi connectivity index (χ2n) is 5.18. The molecule has 2 aliphatic carbocycles. The van der Waals surface area contributed by atoms with Crippen LogP contribution in [0.4, 0.5) is 0 Å². The lowest BCUT2D eigenvalue weighted by molar-refractivity contribution is 0.328. The zero-order chi connectivity index (χ0) is 10.8. The quantitative estimate of drug-likeness (QED) is 0.686. The van der Waals surface area contributed by atoms with E-state index in [0.717, 1.165) is 11.5 Å². The standard InChI is InChI=1S/C14H22O/c1-10(9-15)8-13-5-3-4-12-7-6-11(2)14(12)13/h8,12-13,15H,3-7,9H2,1-2H3/b10-8-/t12?,13-/m0/s1. The Kier molecular flexibility index (Phi) is 3.30. The highest BCUT2D eigenvalue weighted by atomic mass is 16.3. The zero-order valence-electron chi connectivity index (χ0n) is 9.92. The third kappa shape index (κ3) is 2.17. The van der Waals surface area contributed by atoms with E-state index in [9.17, 15) is 0 Å². The van der Waals surface area contributed by atoms with Crippen LogP contribution in [0.2, 0.25) is 0 Å². The normalized spacial score (nSPS) is 32.1. The van der Waals surface area contributed by atoms with Crippen LogP contribution >= 0.6 is 0 Å². The maximum atomic E-state index is 9.09. The molecule has 0 heterocycles. The molecule has 84 valence electrons. The Morgan fingerprint density at radius 1 is 1.40 bits per heavy atom. The summed E-state index contributed by atoms with van der Waals surface area (Å²) in [6, 6.07) is 0. The van der Waals surface area contributed by atoms with Gasteiger partial charge in [0, 0.05) is 0 Å². The predicted molar refractivity (Wildman–Crippen MR) is 63.6 cm³/mol. The Morgan fingerprint density at radius 2 is 2.20 bits per heavy atom. The minimum Gasteiger partial charge on any atom is -0.392 e. The Labute approximate surface area is 92.9 Å². The first-order valence-electron chi connectivity index (χ1n) is 6.20. The molecule has 2 atom stereocenters. The van der Waals surface area contributed by atoms with Crippen LogP contribution in [0.25, 0.3) is 0 Å². The fourth-order valence-electron chi connectivity index (χ4n) is 3.27. The van der Waals surface area contributed by atoms with E-state index in [2.05, 4.69) is 13.0 Å². The molecule has 1 N–H and O–H groups in total. The van der Waals surface area contributed by atoms with Gasteiger partial charge in [0.2, 0.25) is 0 Å². The molecule has 1 heteroatoms. The van der Waals surface area contributed by atoms with Crippen LogP contribution in [0.3, 0.4) is 0 Å². The maximum absolute atomic E-state index is 9.09. The molecule has 1 nitrogen and oxygen atoms in total. The van der Waals surface area contributed by atoms with Gasteiger partial charge < -0.3 is 5.11 Å². The third-order valence-corrected chi connectivity index (χ3v) is 4.00.